The Bertz CT molecular complexity index is 92.0. The molecule has 2 rings (SSSR count). The molecule has 60 valence electrons. The molecule has 0 bridgehead atoms. The van der Waals surface area contributed by atoms with Crippen LogP contribution in [0.15, 0.2) is 0 Å². The van der Waals surface area contributed by atoms with E-state index in [1.165, 1.54) is 25.7 Å². The molecule has 0 aliphatic heterocycles. The summed E-state index contributed by atoms with van der Waals surface area (Å²) in [5, 5.41) is 0. The Labute approximate surface area is 65.0 Å². The van der Waals surface area contributed by atoms with Gasteiger partial charge in [-0.15, -0.1) is 0 Å². The molecule has 2 saturated carbocycles. The van der Waals surface area contributed by atoms with Crippen molar-refractivity contribution in [2.45, 2.75) is 53.4 Å². The van der Waals surface area contributed by atoms with Gasteiger partial charge in [-0.05, 0) is 36.5 Å². The third-order valence-electron chi connectivity index (χ3n) is 2.50. The third-order valence-corrected chi connectivity index (χ3v) is 2.50. The SMILES string of the molecule is CC1(C)CC1.CC1(C)CC1. The third kappa shape index (κ3) is 3.92. The van der Waals surface area contributed by atoms with Gasteiger partial charge in [0.1, 0.15) is 0 Å². The molecule has 0 N–H and O–H groups in total. The minimum absolute atomic E-state index is 0.750. The Kier molecular flexibility index (Phi) is 1.82. The van der Waals surface area contributed by atoms with Gasteiger partial charge in [0, 0.05) is 0 Å². The molecule has 0 aromatic rings. The fourth-order valence-corrected chi connectivity index (χ4v) is 0.500. The normalized spacial score (nSPS) is 30.0. The lowest BCUT2D eigenvalue weighted by atomic mass is 10.2. The van der Waals surface area contributed by atoms with Gasteiger partial charge < -0.3 is 0 Å². The van der Waals surface area contributed by atoms with Crippen LogP contribution >= 0.6 is 0 Å². The molecule has 0 nitrogen and oxygen atoms in total. The molecule has 0 heteroatoms. The minimum Gasteiger partial charge on any atom is -0.0599 e. The summed E-state index contributed by atoms with van der Waals surface area (Å²) in [4.78, 5) is 0. The van der Waals surface area contributed by atoms with Crippen molar-refractivity contribution in [3.8, 4) is 0 Å². The summed E-state index contributed by atoms with van der Waals surface area (Å²) in [5.74, 6) is 0. The molecule has 0 aromatic heterocycles. The highest BCUT2D eigenvalue weighted by Gasteiger charge is 2.30. The summed E-state index contributed by atoms with van der Waals surface area (Å²) in [6.07, 6.45) is 5.81. The maximum atomic E-state index is 2.30. The first-order valence-corrected chi connectivity index (χ1v) is 4.41. The van der Waals surface area contributed by atoms with Crippen molar-refractivity contribution in [2.24, 2.45) is 10.8 Å². The van der Waals surface area contributed by atoms with Gasteiger partial charge in [-0.3, -0.25) is 0 Å². The van der Waals surface area contributed by atoms with Gasteiger partial charge in [-0.1, -0.05) is 27.7 Å². The summed E-state index contributed by atoms with van der Waals surface area (Å²) in [5.41, 5.74) is 1.50. The van der Waals surface area contributed by atoms with E-state index in [1.807, 2.05) is 0 Å². The van der Waals surface area contributed by atoms with Crippen molar-refractivity contribution in [1.82, 2.24) is 0 Å². The Hall–Kier alpha value is 0. The van der Waals surface area contributed by atoms with Gasteiger partial charge in [0.05, 0.1) is 0 Å². The highest BCUT2D eigenvalue weighted by molar-refractivity contribution is 4.82. The van der Waals surface area contributed by atoms with E-state index < -0.39 is 0 Å². The predicted octanol–water partition coefficient (Wildman–Crippen LogP) is 3.61. The molecular weight excluding hydrogens is 120 g/mol. The lowest BCUT2D eigenvalue weighted by molar-refractivity contribution is 0.652. The summed E-state index contributed by atoms with van der Waals surface area (Å²) in [6, 6.07) is 0. The van der Waals surface area contributed by atoms with Crippen LogP contribution in [0.3, 0.4) is 0 Å². The molecule has 0 saturated heterocycles. The lowest BCUT2D eigenvalue weighted by Gasteiger charge is -1.86. The molecule has 0 radical (unpaired) electrons. The molecule has 0 heterocycles. The van der Waals surface area contributed by atoms with Crippen molar-refractivity contribution >= 4 is 0 Å². The predicted molar refractivity (Wildman–Crippen MR) is 46.0 cm³/mol. The van der Waals surface area contributed by atoms with Crippen molar-refractivity contribution < 1.29 is 0 Å². The van der Waals surface area contributed by atoms with Gasteiger partial charge >= 0.3 is 0 Å². The second-order valence-electron chi connectivity index (χ2n) is 5.33. The zero-order valence-electron chi connectivity index (χ0n) is 7.83. The van der Waals surface area contributed by atoms with E-state index >= 15 is 0 Å². The monoisotopic (exact) mass is 140 g/mol. The first-order chi connectivity index (χ1) is 4.41. The van der Waals surface area contributed by atoms with Gasteiger partial charge in [0.2, 0.25) is 0 Å². The van der Waals surface area contributed by atoms with E-state index in [9.17, 15) is 0 Å². The maximum absolute atomic E-state index is 2.30. The number of hydrogen-bond donors (Lipinski definition) is 0. The standard InChI is InChI=1S/2C5H10/c2*1-5(2)3-4-5/h2*3-4H2,1-2H3. The van der Waals surface area contributed by atoms with Crippen LogP contribution in [-0.4, -0.2) is 0 Å². The summed E-state index contributed by atoms with van der Waals surface area (Å²) in [7, 11) is 0. The van der Waals surface area contributed by atoms with E-state index in [1.54, 1.807) is 0 Å². The van der Waals surface area contributed by atoms with Crippen LogP contribution in [-0.2, 0) is 0 Å². The molecule has 2 aliphatic rings. The van der Waals surface area contributed by atoms with Crippen molar-refractivity contribution in [3.63, 3.8) is 0 Å². The second-order valence-corrected chi connectivity index (χ2v) is 5.33. The second kappa shape index (κ2) is 2.25. The minimum atomic E-state index is 0.750. The van der Waals surface area contributed by atoms with Crippen LogP contribution in [0.2, 0.25) is 0 Å². The molecule has 0 spiro atoms. The molecule has 0 amide bonds. The van der Waals surface area contributed by atoms with Crippen LogP contribution in [0.5, 0.6) is 0 Å². The zero-order valence-corrected chi connectivity index (χ0v) is 7.83. The molecule has 2 aliphatic carbocycles. The van der Waals surface area contributed by atoms with Crippen molar-refractivity contribution in [3.05, 3.63) is 0 Å². The van der Waals surface area contributed by atoms with E-state index in [-0.39, 0.29) is 0 Å². The van der Waals surface area contributed by atoms with Gasteiger partial charge in [0.25, 0.3) is 0 Å². The van der Waals surface area contributed by atoms with Gasteiger partial charge in [-0.25, -0.2) is 0 Å². The molecule has 0 atom stereocenters. The summed E-state index contributed by atoms with van der Waals surface area (Å²) < 4.78 is 0. The lowest BCUT2D eigenvalue weighted by Crippen LogP contribution is -1.75. The molecule has 0 unspecified atom stereocenters. The fourth-order valence-electron chi connectivity index (χ4n) is 0.500. The van der Waals surface area contributed by atoms with Crippen LogP contribution < -0.4 is 0 Å². The largest absolute Gasteiger partial charge is 0.0599 e. The van der Waals surface area contributed by atoms with Crippen LogP contribution in [0.4, 0.5) is 0 Å². The highest BCUT2D eigenvalue weighted by Crippen LogP contribution is 2.44. The fraction of sp³-hybridized carbons (Fsp3) is 1.00. The van der Waals surface area contributed by atoms with E-state index in [4.69, 9.17) is 0 Å². The van der Waals surface area contributed by atoms with Crippen LogP contribution in [0, 0.1) is 10.8 Å². The average Bonchev–Trinajstić information content (AvgIpc) is 2.56. The van der Waals surface area contributed by atoms with Crippen molar-refractivity contribution in [1.29, 1.82) is 0 Å². The summed E-state index contributed by atoms with van der Waals surface area (Å²) >= 11 is 0. The first kappa shape index (κ1) is 8.10. The van der Waals surface area contributed by atoms with E-state index in [0.29, 0.717) is 0 Å². The smallest absolute Gasteiger partial charge is 0.0354 e. The molecule has 10 heavy (non-hydrogen) atoms. The zero-order chi connectivity index (χ0) is 7.83. The van der Waals surface area contributed by atoms with Crippen LogP contribution in [0.25, 0.3) is 0 Å². The summed E-state index contributed by atoms with van der Waals surface area (Å²) in [6.45, 7) is 9.19. The van der Waals surface area contributed by atoms with E-state index in [2.05, 4.69) is 27.7 Å². The Morgan fingerprint density at radius 2 is 0.700 bits per heavy atom. The number of hydrogen-bond acceptors (Lipinski definition) is 0. The van der Waals surface area contributed by atoms with Crippen LogP contribution in [0.1, 0.15) is 53.4 Å². The molecule has 0 aromatic carbocycles. The van der Waals surface area contributed by atoms with E-state index in [0.717, 1.165) is 10.8 Å². The quantitative estimate of drug-likeness (QED) is 0.482. The number of rotatable bonds is 0. The Morgan fingerprint density at radius 3 is 0.700 bits per heavy atom. The average molecular weight is 140 g/mol. The van der Waals surface area contributed by atoms with Crippen molar-refractivity contribution in [2.75, 3.05) is 0 Å². The maximum Gasteiger partial charge on any atom is -0.0354 e. The first-order valence-electron chi connectivity index (χ1n) is 4.41. The molecular formula is C10H20. The topological polar surface area (TPSA) is 0 Å². The Morgan fingerprint density at radius 1 is 0.600 bits per heavy atom. The van der Waals surface area contributed by atoms with Gasteiger partial charge in [0.15, 0.2) is 0 Å². The Balaban J connectivity index is 0.0000001000. The highest BCUT2D eigenvalue weighted by atomic mass is 14.4. The van der Waals surface area contributed by atoms with Gasteiger partial charge in [-0.2, -0.15) is 0 Å². The molecule has 2 fully saturated rings.